The van der Waals surface area contributed by atoms with Crippen molar-refractivity contribution in [1.29, 1.82) is 0 Å². The second kappa shape index (κ2) is 8.11. The van der Waals surface area contributed by atoms with Crippen LogP contribution in [-0.4, -0.2) is 10.3 Å². The van der Waals surface area contributed by atoms with Gasteiger partial charge in [-0.15, -0.1) is 0 Å². The Balaban J connectivity index is 1.76. The molecule has 0 radical (unpaired) electrons. The van der Waals surface area contributed by atoms with Crippen molar-refractivity contribution in [1.82, 2.24) is 0 Å². The quantitative estimate of drug-likeness (QED) is 0.171. The summed E-state index contributed by atoms with van der Waals surface area (Å²) in [4.78, 5) is 2.72. The summed E-state index contributed by atoms with van der Waals surface area (Å²) in [6.45, 7) is 0. The normalized spacial score (nSPS) is 13.8. The molecule has 140 valence electrons. The molecule has 0 saturated heterocycles. The number of hydrogen-bond acceptors (Lipinski definition) is 1. The van der Waals surface area contributed by atoms with Gasteiger partial charge >= 0.3 is 196 Å². The van der Waals surface area contributed by atoms with Crippen LogP contribution in [0.3, 0.4) is 0 Å². The molecule has 0 spiro atoms. The molecule has 0 heterocycles. The third-order valence-corrected chi connectivity index (χ3v) is 24.5. The molecule has 5 rings (SSSR count). The number of halogens is 2. The van der Waals surface area contributed by atoms with Crippen LogP contribution in [0.1, 0.15) is 11.1 Å². The summed E-state index contributed by atoms with van der Waals surface area (Å²) in [6.07, 6.45) is 2.36. The van der Waals surface area contributed by atoms with Crippen molar-refractivity contribution in [3.63, 3.8) is 0 Å². The molecule has 4 heteroatoms. The fourth-order valence-electron chi connectivity index (χ4n) is 3.90. The van der Waals surface area contributed by atoms with Crippen molar-refractivity contribution >= 4 is 77.4 Å². The molecule has 28 heavy (non-hydrogen) atoms. The number of benzene rings is 4. The molecule has 1 aliphatic rings. The van der Waals surface area contributed by atoms with Crippen molar-refractivity contribution in [3.8, 4) is 0 Å². The van der Waals surface area contributed by atoms with Crippen molar-refractivity contribution in [2.24, 2.45) is 0 Å². The summed E-state index contributed by atoms with van der Waals surface area (Å²) in [5, 5.41) is 3.06. The molecule has 0 N–H and O–H groups in total. The van der Waals surface area contributed by atoms with Crippen LogP contribution in [0, 0.1) is 0 Å². The molecule has 0 saturated carbocycles. The van der Waals surface area contributed by atoms with Crippen LogP contribution in [-0.2, 0) is 12.8 Å². The monoisotopic (exact) mass is 722 g/mol. The molecule has 4 aromatic rings. The van der Waals surface area contributed by atoms with Crippen molar-refractivity contribution < 1.29 is 0 Å². The van der Waals surface area contributed by atoms with E-state index in [0.717, 1.165) is 0 Å². The number of hydrogen-bond donors (Lipinski definition) is 0. The topological polar surface area (TPSA) is 0 Å². The van der Waals surface area contributed by atoms with Gasteiger partial charge in [0.15, 0.2) is 0 Å². The fraction of sp³-hybridized carbons (Fsp3) is 0.0833. The third kappa shape index (κ3) is 3.54. The average Bonchev–Trinajstić information content (AvgIpc) is 3.16. The van der Waals surface area contributed by atoms with E-state index in [1.165, 1.54) is 42.8 Å². The Morgan fingerprint density at radius 3 is 1.93 bits per heavy atom. The Labute approximate surface area is 193 Å². The van der Waals surface area contributed by atoms with E-state index in [4.69, 9.17) is 0 Å². The van der Waals surface area contributed by atoms with Gasteiger partial charge in [-0.25, -0.2) is 0 Å². The summed E-state index contributed by atoms with van der Waals surface area (Å²) < 4.78 is 3.12. The Morgan fingerprint density at radius 1 is 0.643 bits per heavy atom. The molecular formula is C24H18I2STe. The predicted octanol–water partition coefficient (Wildman–Crippen LogP) is 6.52. The van der Waals surface area contributed by atoms with Gasteiger partial charge in [-0.1, -0.05) is 0 Å². The zero-order valence-electron chi connectivity index (χ0n) is 15.1. The molecular weight excluding hydrogens is 702 g/mol. The molecule has 0 nitrogen and oxygen atoms in total. The third-order valence-electron chi connectivity index (χ3n) is 5.21. The predicted molar refractivity (Wildman–Crippen MR) is 141 cm³/mol. The van der Waals surface area contributed by atoms with E-state index in [2.05, 4.69) is 122 Å². The fourth-order valence-corrected chi connectivity index (χ4v) is 18.1. The van der Waals surface area contributed by atoms with Gasteiger partial charge < -0.3 is 0 Å². The van der Waals surface area contributed by atoms with Crippen LogP contribution in [0.5, 0.6) is 0 Å². The van der Waals surface area contributed by atoms with Gasteiger partial charge in [0.2, 0.25) is 0 Å². The first-order valence-corrected chi connectivity index (χ1v) is 26.0. The van der Waals surface area contributed by atoms with Crippen LogP contribution in [0.15, 0.2) is 94.7 Å². The van der Waals surface area contributed by atoms with Crippen molar-refractivity contribution in [2.75, 3.05) is 0 Å². The van der Waals surface area contributed by atoms with Crippen LogP contribution in [0.2, 0.25) is 0 Å². The maximum atomic E-state index is 2.81. The summed E-state index contributed by atoms with van der Waals surface area (Å²) >= 11 is 7.54. The first-order chi connectivity index (χ1) is 13.6. The van der Waals surface area contributed by atoms with Gasteiger partial charge in [0.25, 0.3) is 0 Å². The van der Waals surface area contributed by atoms with Crippen LogP contribution in [0.4, 0.5) is 0 Å². The van der Waals surface area contributed by atoms with Gasteiger partial charge in [-0.05, 0) is 0 Å². The van der Waals surface area contributed by atoms with Crippen molar-refractivity contribution in [2.45, 2.75) is 22.6 Å². The Morgan fingerprint density at radius 2 is 1.25 bits per heavy atom. The van der Waals surface area contributed by atoms with E-state index < -0.39 is 10.3 Å². The molecule has 0 bridgehead atoms. The Kier molecular flexibility index (Phi) is 5.70. The molecule has 0 fully saturated rings. The first kappa shape index (κ1) is 19.7. The van der Waals surface area contributed by atoms with Crippen LogP contribution < -0.4 is 7.22 Å². The SMILES string of the molecule is I[Te](I)(c1ccccc1)c1ccc2c3c(ccc(Sc4ccccc4)c13)CC2. The minimum absolute atomic E-state index is 1.18. The van der Waals surface area contributed by atoms with Gasteiger partial charge in [-0.2, -0.15) is 0 Å². The second-order valence-corrected chi connectivity index (χ2v) is 42.3. The molecule has 0 aliphatic heterocycles. The minimum atomic E-state index is -2.50. The van der Waals surface area contributed by atoms with E-state index in [0.29, 0.717) is 0 Å². The van der Waals surface area contributed by atoms with Gasteiger partial charge in [0.05, 0.1) is 0 Å². The van der Waals surface area contributed by atoms with E-state index in [-0.39, 0.29) is 0 Å². The molecule has 0 atom stereocenters. The van der Waals surface area contributed by atoms with Gasteiger partial charge in [0, 0.05) is 0 Å². The second-order valence-electron chi connectivity index (χ2n) is 6.89. The zero-order valence-corrected chi connectivity index (χ0v) is 22.5. The summed E-state index contributed by atoms with van der Waals surface area (Å²) in [7, 11) is -2.50. The summed E-state index contributed by atoms with van der Waals surface area (Å²) in [5.41, 5.74) is 3.06. The van der Waals surface area contributed by atoms with E-state index in [1.807, 2.05) is 11.8 Å². The molecule has 0 amide bonds. The molecule has 0 aromatic heterocycles. The molecule has 4 aromatic carbocycles. The average molecular weight is 720 g/mol. The summed E-state index contributed by atoms with van der Waals surface area (Å²) in [5.74, 6) is 0. The van der Waals surface area contributed by atoms with E-state index in [1.54, 1.807) is 9.00 Å². The van der Waals surface area contributed by atoms with Crippen molar-refractivity contribution in [3.05, 3.63) is 96.1 Å². The standard InChI is InChI=1S/C24H18I2STe/c25-28(26,20-9-5-2-6-10-20)22-16-14-18-12-11-17-13-15-21(24(22)23(17)18)27-19-7-3-1-4-8-19/h1-10,13-16H,11-12H2. The Hall–Kier alpha value is -0.260. The first-order valence-electron chi connectivity index (χ1n) is 9.22. The van der Waals surface area contributed by atoms with E-state index >= 15 is 0 Å². The Bertz CT molecular complexity index is 1150. The molecule has 1 aliphatic carbocycles. The maximum absolute atomic E-state index is 2.81. The number of aryl methyl sites for hydroxylation is 2. The zero-order chi connectivity index (χ0) is 19.1. The van der Waals surface area contributed by atoms with Crippen LogP contribution >= 0.6 is 49.2 Å². The van der Waals surface area contributed by atoms with Gasteiger partial charge in [0.1, 0.15) is 0 Å². The van der Waals surface area contributed by atoms with E-state index in [9.17, 15) is 0 Å². The van der Waals surface area contributed by atoms with Gasteiger partial charge in [-0.3, -0.25) is 0 Å². The van der Waals surface area contributed by atoms with Crippen LogP contribution in [0.25, 0.3) is 10.8 Å². The summed E-state index contributed by atoms with van der Waals surface area (Å²) in [6, 6.07) is 31.5. The number of rotatable bonds is 4. The molecule has 0 unspecified atom stereocenters.